The van der Waals surface area contributed by atoms with Crippen molar-refractivity contribution in [2.75, 3.05) is 40.5 Å². The maximum absolute atomic E-state index is 5.64. The maximum atomic E-state index is 5.64. The van der Waals surface area contributed by atoms with E-state index in [1.807, 2.05) is 0 Å². The van der Waals surface area contributed by atoms with Gasteiger partial charge in [-0.3, -0.25) is 4.90 Å². The van der Waals surface area contributed by atoms with E-state index in [4.69, 9.17) is 9.47 Å². The minimum Gasteiger partial charge on any atom is -0.381 e. The highest BCUT2D eigenvalue weighted by atomic mass is 16.5. The summed E-state index contributed by atoms with van der Waals surface area (Å²) in [5, 5.41) is 3.45. The van der Waals surface area contributed by atoms with Gasteiger partial charge >= 0.3 is 0 Å². The van der Waals surface area contributed by atoms with Crippen LogP contribution in [0, 0.1) is 5.92 Å². The fraction of sp³-hybridized carbons (Fsp3) is 1.00. The van der Waals surface area contributed by atoms with Crippen LogP contribution in [0.25, 0.3) is 0 Å². The Hall–Kier alpha value is -0.160. The van der Waals surface area contributed by atoms with Crippen molar-refractivity contribution in [1.82, 2.24) is 10.2 Å². The van der Waals surface area contributed by atoms with Crippen LogP contribution in [-0.4, -0.2) is 63.5 Å². The van der Waals surface area contributed by atoms with Crippen molar-refractivity contribution in [3.63, 3.8) is 0 Å². The van der Waals surface area contributed by atoms with Crippen molar-refractivity contribution in [1.29, 1.82) is 0 Å². The molecule has 4 heteroatoms. The van der Waals surface area contributed by atoms with Gasteiger partial charge in [-0.1, -0.05) is 0 Å². The zero-order valence-corrected chi connectivity index (χ0v) is 11.3. The molecular weight excluding hydrogens is 216 g/mol. The Labute approximate surface area is 105 Å². The van der Waals surface area contributed by atoms with Gasteiger partial charge in [0.2, 0.25) is 0 Å². The van der Waals surface area contributed by atoms with Crippen molar-refractivity contribution in [2.24, 2.45) is 5.92 Å². The number of rotatable bonds is 5. The first-order valence-corrected chi connectivity index (χ1v) is 6.79. The minimum atomic E-state index is 0.373. The second-order valence-electron chi connectivity index (χ2n) is 5.39. The minimum absolute atomic E-state index is 0.373. The Morgan fingerprint density at radius 3 is 2.71 bits per heavy atom. The van der Waals surface area contributed by atoms with E-state index in [0.717, 1.165) is 32.8 Å². The topological polar surface area (TPSA) is 33.7 Å². The number of hydrogen-bond donors (Lipinski definition) is 1. The molecule has 0 aliphatic carbocycles. The smallest absolute Gasteiger partial charge is 0.0702 e. The van der Waals surface area contributed by atoms with Crippen molar-refractivity contribution >= 4 is 0 Å². The van der Waals surface area contributed by atoms with Gasteiger partial charge in [-0.2, -0.15) is 0 Å². The Morgan fingerprint density at radius 1 is 1.35 bits per heavy atom. The zero-order valence-electron chi connectivity index (χ0n) is 11.3. The number of nitrogens with one attached hydrogen (secondary N) is 1. The lowest BCUT2D eigenvalue weighted by atomic mass is 9.97. The van der Waals surface area contributed by atoms with Gasteiger partial charge in [0, 0.05) is 37.8 Å². The third-order valence-corrected chi connectivity index (χ3v) is 4.29. The summed E-state index contributed by atoms with van der Waals surface area (Å²) in [6.45, 7) is 6.02. The molecule has 1 N–H and O–H groups in total. The van der Waals surface area contributed by atoms with E-state index in [9.17, 15) is 0 Å². The quantitative estimate of drug-likeness (QED) is 0.770. The van der Waals surface area contributed by atoms with Crippen LogP contribution < -0.4 is 5.32 Å². The fourth-order valence-electron chi connectivity index (χ4n) is 3.09. The third kappa shape index (κ3) is 3.19. The molecule has 2 heterocycles. The summed E-state index contributed by atoms with van der Waals surface area (Å²) >= 11 is 0. The Balaban J connectivity index is 1.84. The molecule has 2 fully saturated rings. The molecule has 4 atom stereocenters. The molecule has 4 unspecified atom stereocenters. The molecule has 0 amide bonds. The summed E-state index contributed by atoms with van der Waals surface area (Å²) in [5.41, 5.74) is 0. The van der Waals surface area contributed by atoms with Gasteiger partial charge in [-0.15, -0.1) is 0 Å². The van der Waals surface area contributed by atoms with Gasteiger partial charge in [0.1, 0.15) is 0 Å². The summed E-state index contributed by atoms with van der Waals surface area (Å²) in [6, 6.07) is 1.11. The van der Waals surface area contributed by atoms with E-state index in [-0.39, 0.29) is 0 Å². The van der Waals surface area contributed by atoms with Crippen LogP contribution in [0.2, 0.25) is 0 Å². The van der Waals surface area contributed by atoms with E-state index in [2.05, 4.69) is 31.2 Å². The largest absolute Gasteiger partial charge is 0.381 e. The number of nitrogens with zero attached hydrogens (tertiary/aromatic N) is 1. The van der Waals surface area contributed by atoms with E-state index in [1.54, 1.807) is 0 Å². The highest BCUT2D eigenvalue weighted by Gasteiger charge is 2.31. The second kappa shape index (κ2) is 6.14. The van der Waals surface area contributed by atoms with Crippen molar-refractivity contribution in [3.05, 3.63) is 0 Å². The van der Waals surface area contributed by atoms with Crippen LogP contribution in [0.3, 0.4) is 0 Å². The molecule has 2 saturated heterocycles. The summed E-state index contributed by atoms with van der Waals surface area (Å²) in [5.74, 6) is 0.667. The summed E-state index contributed by atoms with van der Waals surface area (Å²) in [7, 11) is 4.28. The molecule has 2 aliphatic heterocycles. The third-order valence-electron chi connectivity index (χ3n) is 4.29. The van der Waals surface area contributed by atoms with Crippen molar-refractivity contribution in [2.45, 2.75) is 38.0 Å². The van der Waals surface area contributed by atoms with E-state index >= 15 is 0 Å². The lowest BCUT2D eigenvalue weighted by Crippen LogP contribution is -2.48. The normalized spacial score (nSPS) is 35.6. The van der Waals surface area contributed by atoms with Crippen LogP contribution in [0.15, 0.2) is 0 Å². The molecule has 0 aromatic rings. The zero-order chi connectivity index (χ0) is 12.3. The van der Waals surface area contributed by atoms with Gasteiger partial charge in [0.25, 0.3) is 0 Å². The first-order chi connectivity index (χ1) is 8.22. The predicted octanol–water partition coefficient (Wildman–Crippen LogP) is 0.720. The maximum Gasteiger partial charge on any atom is 0.0702 e. The molecule has 0 aromatic heterocycles. The lowest BCUT2D eigenvalue weighted by Gasteiger charge is -2.32. The van der Waals surface area contributed by atoms with Crippen molar-refractivity contribution in [3.8, 4) is 0 Å². The SMILES string of the molecule is CNC(CN(C)C1CCOC1C)C1CCOC1. The Morgan fingerprint density at radius 2 is 2.18 bits per heavy atom. The highest BCUT2D eigenvalue weighted by molar-refractivity contribution is 4.86. The average Bonchev–Trinajstić information content (AvgIpc) is 2.96. The number of ether oxygens (including phenoxy) is 2. The summed E-state index contributed by atoms with van der Waals surface area (Å²) in [4.78, 5) is 2.46. The molecular formula is C13H26N2O2. The van der Waals surface area contributed by atoms with E-state index < -0.39 is 0 Å². The standard InChI is InChI=1S/C13H26N2O2/c1-10-13(5-7-17-10)15(3)8-12(14-2)11-4-6-16-9-11/h10-14H,4-9H2,1-3H3. The van der Waals surface area contributed by atoms with Crippen LogP contribution in [-0.2, 0) is 9.47 Å². The number of hydrogen-bond acceptors (Lipinski definition) is 4. The highest BCUT2D eigenvalue weighted by Crippen LogP contribution is 2.21. The van der Waals surface area contributed by atoms with Gasteiger partial charge in [0.15, 0.2) is 0 Å². The van der Waals surface area contributed by atoms with Crippen LogP contribution in [0.5, 0.6) is 0 Å². The van der Waals surface area contributed by atoms with Gasteiger partial charge in [0.05, 0.1) is 12.7 Å². The molecule has 100 valence electrons. The molecule has 0 bridgehead atoms. The summed E-state index contributed by atoms with van der Waals surface area (Å²) in [6.07, 6.45) is 2.73. The monoisotopic (exact) mass is 242 g/mol. The first kappa shape index (κ1) is 13.3. The van der Waals surface area contributed by atoms with Crippen LogP contribution >= 0.6 is 0 Å². The molecule has 0 saturated carbocycles. The molecule has 2 rings (SSSR count). The van der Waals surface area contributed by atoms with Crippen LogP contribution in [0.1, 0.15) is 19.8 Å². The Bertz CT molecular complexity index is 231. The number of likely N-dealkylation sites (N-methyl/N-ethyl adjacent to an activating group) is 2. The van der Waals surface area contributed by atoms with Crippen LogP contribution in [0.4, 0.5) is 0 Å². The molecule has 0 aromatic carbocycles. The molecule has 0 radical (unpaired) electrons. The molecule has 0 spiro atoms. The van der Waals surface area contributed by atoms with Crippen molar-refractivity contribution < 1.29 is 9.47 Å². The average molecular weight is 242 g/mol. The fourth-order valence-corrected chi connectivity index (χ4v) is 3.09. The molecule has 17 heavy (non-hydrogen) atoms. The van der Waals surface area contributed by atoms with Gasteiger partial charge in [-0.25, -0.2) is 0 Å². The predicted molar refractivity (Wildman–Crippen MR) is 68.2 cm³/mol. The second-order valence-corrected chi connectivity index (χ2v) is 5.39. The van der Waals surface area contributed by atoms with E-state index in [1.165, 1.54) is 6.42 Å². The van der Waals surface area contributed by atoms with E-state index in [0.29, 0.717) is 24.1 Å². The molecule has 2 aliphatic rings. The first-order valence-electron chi connectivity index (χ1n) is 6.79. The lowest BCUT2D eigenvalue weighted by molar-refractivity contribution is 0.0766. The van der Waals surface area contributed by atoms with Gasteiger partial charge < -0.3 is 14.8 Å². The Kier molecular flexibility index (Phi) is 4.79. The molecule has 4 nitrogen and oxygen atoms in total. The van der Waals surface area contributed by atoms with Gasteiger partial charge in [-0.05, 0) is 33.9 Å². The summed E-state index contributed by atoms with van der Waals surface area (Å²) < 4.78 is 11.1.